The van der Waals surface area contributed by atoms with Crippen LogP contribution >= 0.6 is 0 Å². The number of pyridine rings is 1. The molecule has 27 heavy (non-hydrogen) atoms. The molecule has 7 heteroatoms. The first kappa shape index (κ1) is 18.1. The van der Waals surface area contributed by atoms with Crippen LogP contribution in [0.25, 0.3) is 10.9 Å². The number of ether oxygens (including phenoxy) is 1. The third-order valence-corrected chi connectivity index (χ3v) is 4.05. The second kappa shape index (κ2) is 8.15. The van der Waals surface area contributed by atoms with E-state index < -0.39 is 11.0 Å². The van der Waals surface area contributed by atoms with E-state index in [0.29, 0.717) is 35.4 Å². The Kier molecular flexibility index (Phi) is 5.47. The maximum atomic E-state index is 10.8. The van der Waals surface area contributed by atoms with Gasteiger partial charge in [-0.2, -0.15) is 5.26 Å². The highest BCUT2D eigenvalue weighted by Crippen LogP contribution is 2.22. The van der Waals surface area contributed by atoms with E-state index in [1.165, 1.54) is 12.1 Å². The number of nitrogens with zero attached hydrogens (tertiary/aromatic N) is 3. The van der Waals surface area contributed by atoms with Crippen molar-refractivity contribution in [1.82, 2.24) is 4.98 Å². The normalized spacial score (nSPS) is 11.6. The summed E-state index contributed by atoms with van der Waals surface area (Å²) in [7, 11) is 0. The lowest BCUT2D eigenvalue weighted by Crippen LogP contribution is -2.12. The molecule has 1 aromatic heterocycles. The summed E-state index contributed by atoms with van der Waals surface area (Å²) in [5.41, 5.74) is 1.72. The molecule has 7 nitrogen and oxygen atoms in total. The van der Waals surface area contributed by atoms with E-state index in [1.807, 2.05) is 31.2 Å². The molecule has 0 aliphatic heterocycles. The summed E-state index contributed by atoms with van der Waals surface area (Å²) < 4.78 is 5.63. The van der Waals surface area contributed by atoms with Gasteiger partial charge in [0.1, 0.15) is 17.6 Å². The predicted octanol–water partition coefficient (Wildman–Crippen LogP) is 4.44. The Morgan fingerprint density at radius 3 is 2.85 bits per heavy atom. The Morgan fingerprint density at radius 1 is 1.26 bits per heavy atom. The standard InChI is InChI=1S/C20H18N4O3/c1-2-17(12-21)27-18-5-3-4-14(10-18)13-22-20-9-6-15-11-16(24(25)26)7-8-19(15)23-20/h3-11,17H,2,13H2,1H3,(H,22,23). The molecule has 0 amide bonds. The highest BCUT2D eigenvalue weighted by atomic mass is 16.6. The molecule has 1 atom stereocenters. The first-order chi connectivity index (χ1) is 13.1. The molecular formula is C20H18N4O3. The minimum atomic E-state index is -0.459. The minimum Gasteiger partial charge on any atom is -0.476 e. The van der Waals surface area contributed by atoms with E-state index in [9.17, 15) is 10.1 Å². The quantitative estimate of drug-likeness (QED) is 0.493. The van der Waals surface area contributed by atoms with E-state index in [1.54, 1.807) is 18.2 Å². The number of nitro benzene ring substituents is 1. The summed E-state index contributed by atoms with van der Waals surface area (Å²) in [6.45, 7) is 2.44. The molecule has 0 saturated carbocycles. The summed E-state index contributed by atoms with van der Waals surface area (Å²) >= 11 is 0. The Balaban J connectivity index is 1.70. The van der Waals surface area contributed by atoms with Gasteiger partial charge < -0.3 is 10.1 Å². The molecule has 0 saturated heterocycles. The van der Waals surface area contributed by atoms with Gasteiger partial charge in [-0.05, 0) is 42.3 Å². The van der Waals surface area contributed by atoms with Crippen molar-refractivity contribution in [2.75, 3.05) is 5.32 Å². The highest BCUT2D eigenvalue weighted by molar-refractivity contribution is 5.82. The van der Waals surface area contributed by atoms with Gasteiger partial charge in [-0.3, -0.25) is 10.1 Å². The van der Waals surface area contributed by atoms with Crippen molar-refractivity contribution in [3.05, 3.63) is 70.3 Å². The highest BCUT2D eigenvalue weighted by Gasteiger charge is 2.08. The van der Waals surface area contributed by atoms with Gasteiger partial charge in [0, 0.05) is 24.1 Å². The Morgan fingerprint density at radius 2 is 2.11 bits per heavy atom. The van der Waals surface area contributed by atoms with Gasteiger partial charge in [-0.15, -0.1) is 0 Å². The molecule has 2 aromatic carbocycles. The molecule has 0 aliphatic carbocycles. The fraction of sp³-hybridized carbons (Fsp3) is 0.200. The van der Waals surface area contributed by atoms with E-state index in [2.05, 4.69) is 16.4 Å². The van der Waals surface area contributed by atoms with Crippen molar-refractivity contribution in [2.45, 2.75) is 26.0 Å². The van der Waals surface area contributed by atoms with Gasteiger partial charge in [0.2, 0.25) is 0 Å². The molecule has 1 N–H and O–H groups in total. The number of hydrogen-bond acceptors (Lipinski definition) is 6. The summed E-state index contributed by atoms with van der Waals surface area (Å²) in [6.07, 6.45) is 0.164. The van der Waals surface area contributed by atoms with Crippen molar-refractivity contribution in [3.8, 4) is 11.8 Å². The largest absolute Gasteiger partial charge is 0.476 e. The molecule has 3 aromatic rings. The van der Waals surface area contributed by atoms with Crippen LogP contribution in [0.3, 0.4) is 0 Å². The monoisotopic (exact) mass is 362 g/mol. The van der Waals surface area contributed by atoms with Gasteiger partial charge in [0.05, 0.1) is 10.4 Å². The Hall–Kier alpha value is -3.66. The number of nitro groups is 1. The zero-order chi connectivity index (χ0) is 19.2. The fourth-order valence-corrected chi connectivity index (χ4v) is 2.61. The molecule has 0 bridgehead atoms. The van der Waals surface area contributed by atoms with Crippen molar-refractivity contribution in [3.63, 3.8) is 0 Å². The molecular weight excluding hydrogens is 344 g/mol. The van der Waals surface area contributed by atoms with Crippen LogP contribution in [0.4, 0.5) is 11.5 Å². The van der Waals surface area contributed by atoms with Crippen LogP contribution < -0.4 is 10.1 Å². The molecule has 0 spiro atoms. The van der Waals surface area contributed by atoms with Crippen LogP contribution in [0.2, 0.25) is 0 Å². The van der Waals surface area contributed by atoms with Gasteiger partial charge >= 0.3 is 0 Å². The van der Waals surface area contributed by atoms with Gasteiger partial charge in [-0.1, -0.05) is 19.1 Å². The van der Waals surface area contributed by atoms with Crippen molar-refractivity contribution >= 4 is 22.4 Å². The van der Waals surface area contributed by atoms with Crippen LogP contribution in [0.5, 0.6) is 5.75 Å². The van der Waals surface area contributed by atoms with E-state index in [-0.39, 0.29) is 5.69 Å². The summed E-state index contributed by atoms with van der Waals surface area (Å²) in [6, 6.07) is 17.8. The topological polar surface area (TPSA) is 101 Å². The predicted molar refractivity (Wildman–Crippen MR) is 102 cm³/mol. The van der Waals surface area contributed by atoms with E-state index in [4.69, 9.17) is 10.00 Å². The lowest BCUT2D eigenvalue weighted by molar-refractivity contribution is -0.384. The molecule has 0 aliphatic rings. The average molecular weight is 362 g/mol. The Labute approximate surface area is 156 Å². The molecule has 1 heterocycles. The second-order valence-electron chi connectivity index (χ2n) is 5.98. The van der Waals surface area contributed by atoms with Crippen LogP contribution in [-0.2, 0) is 6.54 Å². The average Bonchev–Trinajstić information content (AvgIpc) is 2.70. The SMILES string of the molecule is CCC(C#N)Oc1cccc(CNc2ccc3cc([N+](=O)[O-])ccc3n2)c1. The second-order valence-corrected chi connectivity index (χ2v) is 5.98. The van der Waals surface area contributed by atoms with Crippen LogP contribution in [0.15, 0.2) is 54.6 Å². The van der Waals surface area contributed by atoms with Gasteiger partial charge in [-0.25, -0.2) is 4.98 Å². The van der Waals surface area contributed by atoms with E-state index in [0.717, 1.165) is 5.56 Å². The third kappa shape index (κ3) is 4.50. The molecule has 0 radical (unpaired) electrons. The minimum absolute atomic E-state index is 0.0459. The molecule has 136 valence electrons. The smallest absolute Gasteiger partial charge is 0.270 e. The third-order valence-electron chi connectivity index (χ3n) is 4.05. The lowest BCUT2D eigenvalue weighted by atomic mass is 10.2. The zero-order valence-corrected chi connectivity index (χ0v) is 14.8. The number of benzene rings is 2. The first-order valence-electron chi connectivity index (χ1n) is 8.53. The van der Waals surface area contributed by atoms with Crippen LogP contribution in [0.1, 0.15) is 18.9 Å². The number of rotatable bonds is 7. The Bertz CT molecular complexity index is 1010. The zero-order valence-electron chi connectivity index (χ0n) is 14.8. The maximum Gasteiger partial charge on any atom is 0.270 e. The summed E-state index contributed by atoms with van der Waals surface area (Å²) in [5.74, 6) is 1.33. The number of anilines is 1. The number of hydrogen-bond donors (Lipinski definition) is 1. The van der Waals surface area contributed by atoms with Crippen LogP contribution in [0, 0.1) is 21.4 Å². The van der Waals surface area contributed by atoms with Crippen molar-refractivity contribution in [2.24, 2.45) is 0 Å². The molecule has 3 rings (SSSR count). The summed E-state index contributed by atoms with van der Waals surface area (Å²) in [5, 5.41) is 23.8. The maximum absolute atomic E-state index is 10.8. The van der Waals surface area contributed by atoms with Gasteiger partial charge in [0.15, 0.2) is 6.10 Å². The van der Waals surface area contributed by atoms with Crippen molar-refractivity contribution < 1.29 is 9.66 Å². The number of nitrogens with one attached hydrogen (secondary N) is 1. The number of non-ortho nitro benzene ring substituents is 1. The molecule has 1 unspecified atom stereocenters. The number of nitriles is 1. The van der Waals surface area contributed by atoms with E-state index >= 15 is 0 Å². The van der Waals surface area contributed by atoms with Crippen molar-refractivity contribution in [1.29, 1.82) is 5.26 Å². The molecule has 0 fully saturated rings. The summed E-state index contributed by atoms with van der Waals surface area (Å²) in [4.78, 5) is 14.9. The first-order valence-corrected chi connectivity index (χ1v) is 8.53. The number of fused-ring (bicyclic) bond motifs is 1. The fourth-order valence-electron chi connectivity index (χ4n) is 2.61. The van der Waals surface area contributed by atoms with Gasteiger partial charge in [0.25, 0.3) is 5.69 Å². The number of aromatic nitrogens is 1. The van der Waals surface area contributed by atoms with Crippen LogP contribution in [-0.4, -0.2) is 16.0 Å². The lowest BCUT2D eigenvalue weighted by Gasteiger charge is -2.12.